The van der Waals surface area contributed by atoms with Crippen LogP contribution in [0.5, 0.6) is 0 Å². The van der Waals surface area contributed by atoms with Gasteiger partial charge >= 0.3 is 0 Å². The average Bonchev–Trinajstić information content (AvgIpc) is 1.87. The topological polar surface area (TPSA) is 47.0 Å². The van der Waals surface area contributed by atoms with Crippen molar-refractivity contribution in [3.63, 3.8) is 0 Å². The Labute approximate surface area is 51.2 Å². The molecule has 1 rings (SSSR count). The maximum absolute atomic E-state index is 3.42. The maximum atomic E-state index is 3.42. The smallest absolute Gasteiger partial charge is 0.00417 e. The first-order valence-electron chi connectivity index (χ1n) is 3.05. The molecular formula is C6H16N2. The van der Waals surface area contributed by atoms with Crippen LogP contribution in [0.15, 0.2) is 0 Å². The molecule has 0 aromatic rings. The van der Waals surface area contributed by atoms with E-state index in [0.29, 0.717) is 0 Å². The minimum absolute atomic E-state index is 0. The third-order valence-electron chi connectivity index (χ3n) is 1.60. The van der Waals surface area contributed by atoms with E-state index < -0.39 is 0 Å². The first-order chi connectivity index (χ1) is 3.29. The van der Waals surface area contributed by atoms with E-state index in [1.54, 1.807) is 0 Å². The molecule has 8 heavy (non-hydrogen) atoms. The highest BCUT2D eigenvalue weighted by molar-refractivity contribution is 4.76. The first-order valence-corrected chi connectivity index (χ1v) is 3.05. The summed E-state index contributed by atoms with van der Waals surface area (Å²) in [4.78, 5) is 0. The van der Waals surface area contributed by atoms with Crippen LogP contribution in [0, 0.1) is 0 Å². The summed E-state index contributed by atoms with van der Waals surface area (Å²) in [6, 6.07) is 1.55. The zero-order valence-electron chi connectivity index (χ0n) is 5.78. The van der Waals surface area contributed by atoms with Gasteiger partial charge in [-0.15, -0.1) is 0 Å². The van der Waals surface area contributed by atoms with Crippen LogP contribution in [-0.2, 0) is 0 Å². The lowest BCUT2D eigenvalue weighted by Crippen LogP contribution is -2.23. The predicted molar refractivity (Wildman–Crippen MR) is 36.3 cm³/mol. The molecule has 2 atom stereocenters. The van der Waals surface area contributed by atoms with Gasteiger partial charge in [-0.25, -0.2) is 0 Å². The summed E-state index contributed by atoms with van der Waals surface area (Å²) in [5, 5.41) is 3.42. The van der Waals surface area contributed by atoms with Gasteiger partial charge in [-0.3, -0.25) is 0 Å². The van der Waals surface area contributed by atoms with Crippen LogP contribution in [0.1, 0.15) is 26.7 Å². The van der Waals surface area contributed by atoms with Gasteiger partial charge in [-0.2, -0.15) is 0 Å². The molecule has 2 heteroatoms. The van der Waals surface area contributed by atoms with Crippen LogP contribution < -0.4 is 11.5 Å². The third-order valence-corrected chi connectivity index (χ3v) is 1.60. The van der Waals surface area contributed by atoms with E-state index in [9.17, 15) is 0 Å². The highest BCUT2D eigenvalue weighted by Gasteiger charge is 2.14. The van der Waals surface area contributed by atoms with Crippen LogP contribution in [0.25, 0.3) is 0 Å². The molecule has 1 heterocycles. The molecule has 0 aromatic heterocycles. The molecule has 0 radical (unpaired) electrons. The average molecular weight is 116 g/mol. The molecule has 0 amide bonds. The van der Waals surface area contributed by atoms with E-state index in [0.717, 1.165) is 12.1 Å². The zero-order valence-corrected chi connectivity index (χ0v) is 5.78. The molecule has 0 bridgehead atoms. The molecule has 1 aliphatic rings. The van der Waals surface area contributed by atoms with Gasteiger partial charge in [0.1, 0.15) is 0 Å². The summed E-state index contributed by atoms with van der Waals surface area (Å²) in [6.07, 6.45) is 2.72. The Morgan fingerprint density at radius 2 is 1.50 bits per heavy atom. The lowest BCUT2D eigenvalue weighted by atomic mass is 10.2. The second-order valence-electron chi connectivity index (χ2n) is 2.55. The van der Waals surface area contributed by atoms with Crippen LogP contribution in [0.2, 0.25) is 0 Å². The SMILES string of the molecule is CC1CCC(C)N1.N. The van der Waals surface area contributed by atoms with E-state index >= 15 is 0 Å². The minimum Gasteiger partial charge on any atom is -0.344 e. The molecule has 50 valence electrons. The number of hydrogen-bond acceptors (Lipinski definition) is 2. The lowest BCUT2D eigenvalue weighted by molar-refractivity contribution is 0.596. The largest absolute Gasteiger partial charge is 0.344 e. The normalized spacial score (nSPS) is 36.8. The Morgan fingerprint density at radius 1 is 1.12 bits per heavy atom. The lowest BCUT2D eigenvalue weighted by Gasteiger charge is -2.01. The predicted octanol–water partition coefficient (Wildman–Crippen LogP) is 1.31. The van der Waals surface area contributed by atoms with Crippen molar-refractivity contribution in [1.29, 1.82) is 0 Å². The summed E-state index contributed by atoms with van der Waals surface area (Å²) in [6.45, 7) is 4.48. The quantitative estimate of drug-likeness (QED) is 0.501. The monoisotopic (exact) mass is 116 g/mol. The molecule has 1 saturated heterocycles. The Bertz CT molecular complexity index is 55.5. The zero-order chi connectivity index (χ0) is 5.28. The fraction of sp³-hybridized carbons (Fsp3) is 1.00. The van der Waals surface area contributed by atoms with E-state index in [1.165, 1.54) is 12.8 Å². The number of nitrogens with one attached hydrogen (secondary N) is 1. The summed E-state index contributed by atoms with van der Waals surface area (Å²) in [7, 11) is 0. The summed E-state index contributed by atoms with van der Waals surface area (Å²) < 4.78 is 0. The Hall–Kier alpha value is -0.0800. The highest BCUT2D eigenvalue weighted by atomic mass is 15.0. The van der Waals surface area contributed by atoms with Crippen molar-refractivity contribution in [3.8, 4) is 0 Å². The second kappa shape index (κ2) is 3.05. The molecule has 0 aliphatic carbocycles. The molecule has 0 spiro atoms. The van der Waals surface area contributed by atoms with Gasteiger partial charge in [0, 0.05) is 12.1 Å². The van der Waals surface area contributed by atoms with Crippen molar-refractivity contribution in [2.45, 2.75) is 38.8 Å². The van der Waals surface area contributed by atoms with Crippen molar-refractivity contribution in [2.24, 2.45) is 0 Å². The fourth-order valence-corrected chi connectivity index (χ4v) is 1.15. The molecule has 1 fully saturated rings. The van der Waals surface area contributed by atoms with Crippen LogP contribution in [0.3, 0.4) is 0 Å². The van der Waals surface area contributed by atoms with Crippen LogP contribution >= 0.6 is 0 Å². The van der Waals surface area contributed by atoms with Gasteiger partial charge < -0.3 is 11.5 Å². The van der Waals surface area contributed by atoms with Gasteiger partial charge in [0.15, 0.2) is 0 Å². The minimum atomic E-state index is 0. The van der Waals surface area contributed by atoms with Crippen molar-refractivity contribution in [1.82, 2.24) is 11.5 Å². The van der Waals surface area contributed by atoms with Gasteiger partial charge in [0.2, 0.25) is 0 Å². The fourth-order valence-electron chi connectivity index (χ4n) is 1.15. The number of hydrogen-bond donors (Lipinski definition) is 2. The van der Waals surface area contributed by atoms with Gasteiger partial charge in [-0.05, 0) is 26.7 Å². The molecular weight excluding hydrogens is 100 g/mol. The van der Waals surface area contributed by atoms with E-state index in [-0.39, 0.29) is 6.15 Å². The Balaban J connectivity index is 0.000000490. The van der Waals surface area contributed by atoms with Crippen LogP contribution in [0.4, 0.5) is 0 Å². The van der Waals surface area contributed by atoms with E-state index in [2.05, 4.69) is 19.2 Å². The first kappa shape index (κ1) is 7.92. The Kier molecular flexibility index (Phi) is 3.02. The van der Waals surface area contributed by atoms with Gasteiger partial charge in [-0.1, -0.05) is 0 Å². The molecule has 2 unspecified atom stereocenters. The summed E-state index contributed by atoms with van der Waals surface area (Å²) in [5.41, 5.74) is 0. The van der Waals surface area contributed by atoms with Crippen molar-refractivity contribution in [3.05, 3.63) is 0 Å². The molecule has 0 saturated carbocycles. The maximum Gasteiger partial charge on any atom is 0.00417 e. The van der Waals surface area contributed by atoms with E-state index in [4.69, 9.17) is 0 Å². The molecule has 2 nitrogen and oxygen atoms in total. The van der Waals surface area contributed by atoms with Crippen LogP contribution in [-0.4, -0.2) is 12.1 Å². The van der Waals surface area contributed by atoms with Crippen molar-refractivity contribution < 1.29 is 0 Å². The Morgan fingerprint density at radius 3 is 1.62 bits per heavy atom. The molecule has 0 aromatic carbocycles. The van der Waals surface area contributed by atoms with E-state index in [1.807, 2.05) is 0 Å². The molecule has 4 N–H and O–H groups in total. The standard InChI is InChI=1S/C6H13N.H3N/c1-5-3-4-6(2)7-5;/h5-7H,3-4H2,1-2H3;1H3. The molecule has 1 aliphatic heterocycles. The summed E-state index contributed by atoms with van der Waals surface area (Å²) >= 11 is 0. The van der Waals surface area contributed by atoms with Crippen molar-refractivity contribution in [2.75, 3.05) is 0 Å². The van der Waals surface area contributed by atoms with Gasteiger partial charge in [0.25, 0.3) is 0 Å². The van der Waals surface area contributed by atoms with Gasteiger partial charge in [0.05, 0.1) is 0 Å². The third kappa shape index (κ3) is 1.80. The second-order valence-corrected chi connectivity index (χ2v) is 2.55. The summed E-state index contributed by atoms with van der Waals surface area (Å²) in [5.74, 6) is 0. The highest BCUT2D eigenvalue weighted by Crippen LogP contribution is 2.09. The van der Waals surface area contributed by atoms with Crippen molar-refractivity contribution >= 4 is 0 Å². The number of rotatable bonds is 0.